The maximum atomic E-state index is 11.1. The summed E-state index contributed by atoms with van der Waals surface area (Å²) >= 11 is 0. The van der Waals surface area contributed by atoms with E-state index in [1.165, 1.54) is 0 Å². The van der Waals surface area contributed by atoms with Gasteiger partial charge in [0.2, 0.25) is 0 Å². The molecule has 18 heavy (non-hydrogen) atoms. The van der Waals surface area contributed by atoms with Gasteiger partial charge in [-0.25, -0.2) is 0 Å². The molecule has 0 aromatic heterocycles. The summed E-state index contributed by atoms with van der Waals surface area (Å²) in [6.07, 6.45) is 20.9. The maximum Gasteiger partial charge on any atom is 0.120 e. The molecule has 94 valence electrons. The Labute approximate surface area is 108 Å². The summed E-state index contributed by atoms with van der Waals surface area (Å²) in [4.78, 5) is 22.2. The van der Waals surface area contributed by atoms with Gasteiger partial charge in [0, 0.05) is 23.7 Å². The largest absolute Gasteiger partial charge is 0.303 e. The van der Waals surface area contributed by atoms with Gasteiger partial charge in [0.1, 0.15) is 12.6 Å². The molecule has 2 heteroatoms. The Bertz CT molecular complexity index is 392. The van der Waals surface area contributed by atoms with Gasteiger partial charge in [-0.3, -0.25) is 0 Å². The number of aldehydes is 2. The molecule has 0 heterocycles. The molecule has 0 aromatic rings. The van der Waals surface area contributed by atoms with Crippen LogP contribution in [0.2, 0.25) is 0 Å². The van der Waals surface area contributed by atoms with Crippen LogP contribution in [-0.2, 0) is 9.59 Å². The lowest BCUT2D eigenvalue weighted by atomic mass is 9.55. The van der Waals surface area contributed by atoms with Gasteiger partial charge in [-0.2, -0.15) is 0 Å². The number of hydrogen-bond acceptors (Lipinski definition) is 2. The highest BCUT2D eigenvalue weighted by Gasteiger charge is 2.46. The highest BCUT2D eigenvalue weighted by atomic mass is 16.1. The molecule has 2 aliphatic carbocycles. The molecule has 2 rings (SSSR count). The van der Waals surface area contributed by atoms with E-state index in [1.807, 2.05) is 24.3 Å². The second kappa shape index (κ2) is 5.30. The zero-order chi connectivity index (χ0) is 12.9. The van der Waals surface area contributed by atoms with E-state index in [9.17, 15) is 9.59 Å². The van der Waals surface area contributed by atoms with Crippen molar-refractivity contribution in [2.24, 2.45) is 10.8 Å². The van der Waals surface area contributed by atoms with Crippen molar-refractivity contribution in [2.75, 3.05) is 0 Å². The van der Waals surface area contributed by atoms with Crippen molar-refractivity contribution in [1.82, 2.24) is 0 Å². The molecule has 0 saturated carbocycles. The van der Waals surface area contributed by atoms with Gasteiger partial charge in [-0.05, 0) is 12.8 Å². The highest BCUT2D eigenvalue weighted by molar-refractivity contribution is 5.57. The summed E-state index contributed by atoms with van der Waals surface area (Å²) in [7, 11) is 0. The van der Waals surface area contributed by atoms with Crippen LogP contribution in [0.1, 0.15) is 25.7 Å². The summed E-state index contributed by atoms with van der Waals surface area (Å²) in [5.74, 6) is 0. The highest BCUT2D eigenvalue weighted by Crippen LogP contribution is 2.53. The summed E-state index contributed by atoms with van der Waals surface area (Å²) in [5, 5.41) is 0. The van der Waals surface area contributed by atoms with Crippen molar-refractivity contribution in [1.29, 1.82) is 0 Å². The number of hydrogen-bond donors (Lipinski definition) is 0. The Morgan fingerprint density at radius 3 is 1.50 bits per heavy atom. The zero-order valence-corrected chi connectivity index (χ0v) is 10.4. The lowest BCUT2D eigenvalue weighted by Gasteiger charge is -2.47. The SMILES string of the molecule is O=CCC1(C2(CC=O)C=CC=CC2)C=CC=CC1. The Morgan fingerprint density at radius 2 is 1.22 bits per heavy atom. The lowest BCUT2D eigenvalue weighted by Crippen LogP contribution is -2.41. The first-order valence-corrected chi connectivity index (χ1v) is 6.35. The smallest absolute Gasteiger partial charge is 0.120 e. The van der Waals surface area contributed by atoms with Crippen LogP contribution in [0.25, 0.3) is 0 Å². The normalized spacial score (nSPS) is 33.6. The fourth-order valence-corrected chi connectivity index (χ4v) is 3.07. The molecule has 0 N–H and O–H groups in total. The third-order valence-corrected chi connectivity index (χ3v) is 4.18. The second-order valence-electron chi connectivity index (χ2n) is 5.04. The second-order valence-corrected chi connectivity index (χ2v) is 5.04. The number of rotatable bonds is 5. The molecular weight excluding hydrogens is 224 g/mol. The minimum Gasteiger partial charge on any atom is -0.303 e. The Kier molecular flexibility index (Phi) is 3.75. The lowest BCUT2D eigenvalue weighted by molar-refractivity contribution is -0.114. The first-order chi connectivity index (χ1) is 8.79. The van der Waals surface area contributed by atoms with Crippen molar-refractivity contribution in [2.45, 2.75) is 25.7 Å². The Morgan fingerprint density at radius 1 is 0.778 bits per heavy atom. The number of allylic oxidation sites excluding steroid dienone is 8. The van der Waals surface area contributed by atoms with Crippen molar-refractivity contribution in [3.8, 4) is 0 Å². The van der Waals surface area contributed by atoms with Gasteiger partial charge in [0.25, 0.3) is 0 Å². The van der Waals surface area contributed by atoms with Gasteiger partial charge in [-0.1, -0.05) is 48.6 Å². The molecule has 2 unspecified atom stereocenters. The molecule has 0 saturated heterocycles. The predicted molar refractivity (Wildman–Crippen MR) is 72.0 cm³/mol. The fourth-order valence-electron chi connectivity index (χ4n) is 3.07. The number of carbonyl (C=O) groups excluding carboxylic acids is 2. The van der Waals surface area contributed by atoms with Gasteiger partial charge in [0.15, 0.2) is 0 Å². The molecule has 0 fully saturated rings. The quantitative estimate of drug-likeness (QED) is 0.694. The topological polar surface area (TPSA) is 34.1 Å². The van der Waals surface area contributed by atoms with Gasteiger partial charge in [0.05, 0.1) is 0 Å². The van der Waals surface area contributed by atoms with Crippen LogP contribution < -0.4 is 0 Å². The van der Waals surface area contributed by atoms with Crippen molar-refractivity contribution < 1.29 is 9.59 Å². The first kappa shape index (κ1) is 12.7. The monoisotopic (exact) mass is 242 g/mol. The molecule has 0 aliphatic heterocycles. The third kappa shape index (κ3) is 2.03. The average Bonchev–Trinajstić information content (AvgIpc) is 2.41. The molecule has 0 aromatic carbocycles. The Balaban J connectivity index is 2.43. The molecule has 0 radical (unpaired) electrons. The van der Waals surface area contributed by atoms with E-state index in [-0.39, 0.29) is 10.8 Å². The summed E-state index contributed by atoms with van der Waals surface area (Å²) in [6, 6.07) is 0. The van der Waals surface area contributed by atoms with E-state index < -0.39 is 0 Å². The summed E-state index contributed by atoms with van der Waals surface area (Å²) < 4.78 is 0. The van der Waals surface area contributed by atoms with Gasteiger partial charge in [-0.15, -0.1) is 0 Å². The van der Waals surface area contributed by atoms with E-state index in [2.05, 4.69) is 24.3 Å². The summed E-state index contributed by atoms with van der Waals surface area (Å²) in [5.41, 5.74) is -0.517. The van der Waals surface area contributed by atoms with E-state index in [0.29, 0.717) is 12.8 Å². The van der Waals surface area contributed by atoms with Crippen molar-refractivity contribution in [3.05, 3.63) is 48.6 Å². The van der Waals surface area contributed by atoms with Crippen molar-refractivity contribution in [3.63, 3.8) is 0 Å². The van der Waals surface area contributed by atoms with Crippen LogP contribution in [0.4, 0.5) is 0 Å². The van der Waals surface area contributed by atoms with Gasteiger partial charge < -0.3 is 9.59 Å². The molecule has 2 aliphatic rings. The van der Waals surface area contributed by atoms with E-state index >= 15 is 0 Å². The van der Waals surface area contributed by atoms with Crippen LogP contribution >= 0.6 is 0 Å². The standard InChI is InChI=1S/C16H18O2/c17-13-11-15(7-3-1-4-8-15)16(12-14-18)9-5-2-6-10-16/h1-7,9,13-14H,8,10-12H2. The molecule has 0 amide bonds. The van der Waals surface area contributed by atoms with Crippen LogP contribution in [-0.4, -0.2) is 12.6 Å². The Hall–Kier alpha value is -1.70. The van der Waals surface area contributed by atoms with Crippen molar-refractivity contribution >= 4 is 12.6 Å². The minimum absolute atomic E-state index is 0.258. The molecule has 0 bridgehead atoms. The van der Waals surface area contributed by atoms with Crippen LogP contribution in [0.15, 0.2) is 48.6 Å². The molecule has 0 spiro atoms. The van der Waals surface area contributed by atoms with Crippen LogP contribution in [0.5, 0.6) is 0 Å². The van der Waals surface area contributed by atoms with E-state index in [0.717, 1.165) is 25.4 Å². The fraction of sp³-hybridized carbons (Fsp3) is 0.375. The first-order valence-electron chi connectivity index (χ1n) is 6.35. The summed E-state index contributed by atoms with van der Waals surface area (Å²) in [6.45, 7) is 0. The van der Waals surface area contributed by atoms with E-state index in [1.54, 1.807) is 0 Å². The molecule has 2 nitrogen and oxygen atoms in total. The van der Waals surface area contributed by atoms with E-state index in [4.69, 9.17) is 0 Å². The number of carbonyl (C=O) groups is 2. The molecule has 2 atom stereocenters. The zero-order valence-electron chi connectivity index (χ0n) is 10.4. The molecular formula is C16H18O2. The minimum atomic E-state index is -0.258. The van der Waals surface area contributed by atoms with Crippen LogP contribution in [0, 0.1) is 10.8 Å². The predicted octanol–water partition coefficient (Wildman–Crippen LogP) is 3.17. The average molecular weight is 242 g/mol. The van der Waals surface area contributed by atoms with Crippen LogP contribution in [0.3, 0.4) is 0 Å². The maximum absolute atomic E-state index is 11.1. The van der Waals surface area contributed by atoms with Gasteiger partial charge >= 0.3 is 0 Å². The third-order valence-electron chi connectivity index (χ3n) is 4.18.